The van der Waals surface area contributed by atoms with Crippen LogP contribution in [0.4, 0.5) is 15.1 Å². The van der Waals surface area contributed by atoms with Crippen LogP contribution in [0.3, 0.4) is 0 Å². The third-order valence-electron chi connectivity index (χ3n) is 4.51. The smallest absolute Gasteiger partial charge is 0.270 e. The Morgan fingerprint density at radius 2 is 2.22 bits per heavy atom. The van der Waals surface area contributed by atoms with Crippen LogP contribution in [-0.4, -0.2) is 29.0 Å². The van der Waals surface area contributed by atoms with E-state index in [4.69, 9.17) is 0 Å². The fourth-order valence-electron chi connectivity index (χ4n) is 3.05. The van der Waals surface area contributed by atoms with E-state index in [1.54, 1.807) is 12.1 Å². The lowest BCUT2D eigenvalue weighted by Crippen LogP contribution is -2.51. The number of aromatic amines is 1. The maximum atomic E-state index is 13.6. The molecule has 2 aromatic heterocycles. The number of nitrogens with zero attached hydrogens (tertiary/aromatic N) is 3. The van der Waals surface area contributed by atoms with Crippen molar-refractivity contribution >= 4 is 38.8 Å². The van der Waals surface area contributed by atoms with Crippen molar-refractivity contribution in [3.8, 4) is 6.07 Å². The Bertz CT molecular complexity index is 1160. The van der Waals surface area contributed by atoms with Crippen molar-refractivity contribution in [2.75, 3.05) is 18.0 Å². The summed E-state index contributed by atoms with van der Waals surface area (Å²) in [5, 5.41) is 12.7. The van der Waals surface area contributed by atoms with E-state index in [2.05, 4.69) is 15.3 Å². The SMILES string of the molecule is Cc1ccc2c(N(C(=O)C3CNC3)c3cnc(F)s3)c(C#N)c(=O)[nH]c2c1. The average molecular weight is 383 g/mol. The van der Waals surface area contributed by atoms with Gasteiger partial charge in [0.1, 0.15) is 16.6 Å². The van der Waals surface area contributed by atoms with Crippen LogP contribution in [0, 0.1) is 29.4 Å². The number of amides is 1. The highest BCUT2D eigenvalue weighted by atomic mass is 32.1. The second-order valence-corrected chi connectivity index (χ2v) is 7.28. The maximum absolute atomic E-state index is 13.6. The predicted molar refractivity (Wildman–Crippen MR) is 99.6 cm³/mol. The zero-order chi connectivity index (χ0) is 19.1. The number of fused-ring (bicyclic) bond motifs is 1. The van der Waals surface area contributed by atoms with Gasteiger partial charge in [0.05, 0.1) is 23.3 Å². The van der Waals surface area contributed by atoms with E-state index in [9.17, 15) is 19.2 Å². The molecule has 0 saturated carbocycles. The van der Waals surface area contributed by atoms with Gasteiger partial charge in [0, 0.05) is 18.5 Å². The Hall–Kier alpha value is -3.09. The van der Waals surface area contributed by atoms with E-state index < -0.39 is 10.8 Å². The molecule has 0 atom stereocenters. The fourth-order valence-corrected chi connectivity index (χ4v) is 3.71. The molecule has 0 aliphatic carbocycles. The highest BCUT2D eigenvalue weighted by Crippen LogP contribution is 2.37. The van der Waals surface area contributed by atoms with Crippen LogP contribution in [0.1, 0.15) is 11.1 Å². The van der Waals surface area contributed by atoms with Crippen molar-refractivity contribution < 1.29 is 9.18 Å². The summed E-state index contributed by atoms with van der Waals surface area (Å²) in [7, 11) is 0. The molecule has 7 nitrogen and oxygen atoms in total. The van der Waals surface area contributed by atoms with E-state index in [-0.39, 0.29) is 28.1 Å². The molecule has 9 heteroatoms. The Labute approximate surface area is 157 Å². The van der Waals surface area contributed by atoms with Gasteiger partial charge in [-0.2, -0.15) is 9.65 Å². The molecule has 4 rings (SSSR count). The van der Waals surface area contributed by atoms with Crippen LogP contribution < -0.4 is 15.8 Å². The van der Waals surface area contributed by atoms with E-state index in [1.807, 2.05) is 19.1 Å². The van der Waals surface area contributed by atoms with Gasteiger partial charge in [-0.3, -0.25) is 14.5 Å². The van der Waals surface area contributed by atoms with Crippen molar-refractivity contribution in [3.05, 3.63) is 51.1 Å². The quantitative estimate of drug-likeness (QED) is 0.722. The number of nitrogens with one attached hydrogen (secondary N) is 2. The minimum absolute atomic E-state index is 0.164. The number of halogens is 1. The second-order valence-electron chi connectivity index (χ2n) is 6.32. The Morgan fingerprint density at radius 3 is 2.81 bits per heavy atom. The lowest BCUT2D eigenvalue weighted by atomic mass is 10.00. The first-order chi connectivity index (χ1) is 13.0. The molecule has 1 aliphatic heterocycles. The molecule has 1 aromatic carbocycles. The number of anilines is 2. The first-order valence-corrected chi connectivity index (χ1v) is 9.04. The first kappa shape index (κ1) is 17.3. The molecule has 0 unspecified atom stereocenters. The van der Waals surface area contributed by atoms with Crippen LogP contribution in [-0.2, 0) is 4.79 Å². The molecule has 0 spiro atoms. The number of aryl methyl sites for hydroxylation is 1. The molecule has 2 N–H and O–H groups in total. The van der Waals surface area contributed by atoms with Crippen molar-refractivity contribution in [3.63, 3.8) is 0 Å². The summed E-state index contributed by atoms with van der Waals surface area (Å²) in [5.74, 6) is -0.622. The van der Waals surface area contributed by atoms with Gasteiger partial charge in [-0.25, -0.2) is 4.98 Å². The third kappa shape index (κ3) is 2.89. The zero-order valence-electron chi connectivity index (χ0n) is 14.2. The number of benzene rings is 1. The van der Waals surface area contributed by atoms with Crippen molar-refractivity contribution in [2.45, 2.75) is 6.92 Å². The van der Waals surface area contributed by atoms with Crippen LogP contribution in [0.5, 0.6) is 0 Å². The van der Waals surface area contributed by atoms with E-state index in [1.165, 1.54) is 11.1 Å². The van der Waals surface area contributed by atoms with Gasteiger partial charge in [-0.05, 0) is 18.6 Å². The monoisotopic (exact) mass is 383 g/mol. The zero-order valence-corrected chi connectivity index (χ0v) is 15.1. The molecule has 0 radical (unpaired) electrons. The summed E-state index contributed by atoms with van der Waals surface area (Å²) in [6.07, 6.45) is 1.24. The van der Waals surface area contributed by atoms with Crippen LogP contribution in [0.15, 0.2) is 29.2 Å². The number of thiazole rings is 1. The first-order valence-electron chi connectivity index (χ1n) is 8.22. The molecule has 1 amide bonds. The van der Waals surface area contributed by atoms with Gasteiger partial charge in [0.2, 0.25) is 5.91 Å². The third-order valence-corrected chi connectivity index (χ3v) is 5.29. The maximum Gasteiger partial charge on any atom is 0.270 e. The minimum Gasteiger partial charge on any atom is -0.321 e. The van der Waals surface area contributed by atoms with Gasteiger partial charge in [-0.1, -0.05) is 23.5 Å². The number of nitriles is 1. The lowest BCUT2D eigenvalue weighted by molar-refractivity contribution is -0.122. The predicted octanol–water partition coefficient (Wildman–Crippen LogP) is 2.19. The van der Waals surface area contributed by atoms with Crippen LogP contribution in [0.25, 0.3) is 10.9 Å². The highest BCUT2D eigenvalue weighted by Gasteiger charge is 2.34. The summed E-state index contributed by atoms with van der Waals surface area (Å²) >= 11 is 0.693. The molecule has 3 heterocycles. The number of carbonyl (C=O) groups excluding carboxylic acids is 1. The fraction of sp³-hybridized carbons (Fsp3) is 0.222. The lowest BCUT2D eigenvalue weighted by Gasteiger charge is -2.32. The molecule has 136 valence electrons. The van der Waals surface area contributed by atoms with Gasteiger partial charge < -0.3 is 10.3 Å². The van der Waals surface area contributed by atoms with Crippen LogP contribution >= 0.6 is 11.3 Å². The molecule has 27 heavy (non-hydrogen) atoms. The molecular formula is C18H14FN5O2S. The number of rotatable bonds is 3. The molecular weight excluding hydrogens is 369 g/mol. The Kier molecular flexibility index (Phi) is 4.22. The minimum atomic E-state index is -0.696. The Balaban J connectivity index is 2.04. The molecule has 1 fully saturated rings. The van der Waals surface area contributed by atoms with E-state index in [0.29, 0.717) is 35.3 Å². The normalized spacial score (nSPS) is 14.0. The summed E-state index contributed by atoms with van der Waals surface area (Å²) in [4.78, 5) is 33.2. The van der Waals surface area contributed by atoms with Gasteiger partial charge in [0.15, 0.2) is 0 Å². The number of aromatic nitrogens is 2. The van der Waals surface area contributed by atoms with Crippen molar-refractivity contribution in [1.82, 2.24) is 15.3 Å². The summed E-state index contributed by atoms with van der Waals surface area (Å²) in [5.41, 5.74) is 0.792. The van der Waals surface area contributed by atoms with Gasteiger partial charge in [-0.15, -0.1) is 0 Å². The number of carbonyl (C=O) groups is 1. The topological polar surface area (TPSA) is 102 Å². The Morgan fingerprint density at radius 1 is 1.44 bits per heavy atom. The molecule has 1 aliphatic rings. The molecule has 1 saturated heterocycles. The standard InChI is InChI=1S/C18H14FN5O2S/c1-9-2-3-11-13(4-9)23-16(25)12(5-20)15(11)24(14-8-22-18(19)27-14)17(26)10-6-21-7-10/h2-4,8,10,21H,6-7H2,1H3,(H,23,25). The number of hydrogen-bond acceptors (Lipinski definition) is 6. The van der Waals surface area contributed by atoms with Crippen LogP contribution in [0.2, 0.25) is 0 Å². The number of pyridine rings is 1. The summed E-state index contributed by atoms with van der Waals surface area (Å²) in [6.45, 7) is 2.84. The van der Waals surface area contributed by atoms with E-state index in [0.717, 1.165) is 5.56 Å². The summed E-state index contributed by atoms with van der Waals surface area (Å²) < 4.78 is 13.6. The van der Waals surface area contributed by atoms with Gasteiger partial charge in [0.25, 0.3) is 10.8 Å². The highest BCUT2D eigenvalue weighted by molar-refractivity contribution is 7.14. The van der Waals surface area contributed by atoms with E-state index >= 15 is 0 Å². The number of H-pyrrole nitrogens is 1. The van der Waals surface area contributed by atoms with Crippen molar-refractivity contribution in [2.24, 2.45) is 5.92 Å². The molecule has 3 aromatic rings. The number of hydrogen-bond donors (Lipinski definition) is 2. The average Bonchev–Trinajstić information content (AvgIpc) is 2.99. The molecule has 0 bridgehead atoms. The van der Waals surface area contributed by atoms with Crippen molar-refractivity contribution in [1.29, 1.82) is 5.26 Å². The second kappa shape index (κ2) is 6.57. The van der Waals surface area contributed by atoms with Gasteiger partial charge >= 0.3 is 0 Å². The summed E-state index contributed by atoms with van der Waals surface area (Å²) in [6, 6.07) is 7.23. The largest absolute Gasteiger partial charge is 0.321 e.